The van der Waals surface area contributed by atoms with E-state index >= 15 is 0 Å². The molecule has 1 aliphatic heterocycles. The molecule has 0 saturated carbocycles. The first-order valence-corrected chi connectivity index (χ1v) is 3.32. The summed E-state index contributed by atoms with van der Waals surface area (Å²) in [6.07, 6.45) is 0. The summed E-state index contributed by atoms with van der Waals surface area (Å²) in [6.45, 7) is 2.08. The van der Waals surface area contributed by atoms with Crippen LogP contribution in [0, 0.1) is 6.92 Å². The van der Waals surface area contributed by atoms with Gasteiger partial charge in [-0.1, -0.05) is 11.6 Å². The molecule has 0 unspecified atom stereocenters. The van der Waals surface area contributed by atoms with E-state index in [1.54, 1.807) is 0 Å². The zero-order chi connectivity index (χ0) is 6.97. The van der Waals surface area contributed by atoms with E-state index in [4.69, 9.17) is 0 Å². The monoisotopic (exact) mass is 136 g/mol. The van der Waals surface area contributed by atoms with Crippen molar-refractivity contribution in [2.24, 2.45) is 0 Å². The molecule has 3 heteroatoms. The summed E-state index contributed by atoms with van der Waals surface area (Å²) >= 11 is 0. The van der Waals surface area contributed by atoms with Gasteiger partial charge in [0.2, 0.25) is 0 Å². The minimum atomic E-state index is 1.17. The summed E-state index contributed by atoms with van der Waals surface area (Å²) in [5, 5.41) is 0. The fraction of sp³-hybridized carbons (Fsp3) is 0.143. The Kier molecular flexibility index (Phi) is 1.12. The van der Waals surface area contributed by atoms with Crippen molar-refractivity contribution in [2.45, 2.75) is 6.92 Å². The smallest absolute Gasteiger partial charge is 0.175 e. The van der Waals surface area contributed by atoms with E-state index in [1.165, 1.54) is 16.9 Å². The van der Waals surface area contributed by atoms with E-state index in [1.807, 2.05) is 5.43 Å². The van der Waals surface area contributed by atoms with Gasteiger partial charge >= 0.3 is 0 Å². The van der Waals surface area contributed by atoms with Gasteiger partial charge < -0.3 is 0 Å². The Morgan fingerprint density at radius 1 is 1.40 bits per heavy atom. The lowest BCUT2D eigenvalue weighted by molar-refractivity contribution is -0.620. The van der Waals surface area contributed by atoms with E-state index in [2.05, 4.69) is 36.1 Å². The predicted molar refractivity (Wildman–Crippen MR) is 39.5 cm³/mol. The van der Waals surface area contributed by atoms with Gasteiger partial charge in [0.1, 0.15) is 5.69 Å². The van der Waals surface area contributed by atoms with Crippen LogP contribution in [0.1, 0.15) is 5.56 Å². The van der Waals surface area contributed by atoms with Gasteiger partial charge in [-0.2, -0.15) is 0 Å². The summed E-state index contributed by atoms with van der Waals surface area (Å²) in [4.78, 5) is 0. The first-order valence-electron chi connectivity index (χ1n) is 3.32. The topological polar surface area (TPSA) is 40.7 Å². The number of fused-ring (bicyclic) bond motifs is 1. The zero-order valence-corrected chi connectivity index (χ0v) is 5.81. The Morgan fingerprint density at radius 2 is 2.30 bits per heavy atom. The Labute approximate surface area is 59.4 Å². The molecule has 0 atom stereocenters. The zero-order valence-electron chi connectivity index (χ0n) is 5.81. The van der Waals surface area contributed by atoms with Gasteiger partial charge in [0.15, 0.2) is 5.69 Å². The van der Waals surface area contributed by atoms with Gasteiger partial charge in [-0.3, -0.25) is 5.43 Å². The molecule has 2 rings (SSSR count). The Bertz CT molecular complexity index is 257. The highest BCUT2D eigenvalue weighted by molar-refractivity contribution is 5.62. The molecule has 4 N–H and O–H groups in total. The normalized spacial score (nSPS) is 14.5. The first-order chi connectivity index (χ1) is 4.86. The highest BCUT2D eigenvalue weighted by Gasteiger charge is 2.11. The minimum absolute atomic E-state index is 1.17. The molecular formula is C7H10N3+. The van der Waals surface area contributed by atoms with Gasteiger partial charge in [-0.05, 0) is 18.6 Å². The van der Waals surface area contributed by atoms with Gasteiger partial charge in [-0.25, -0.2) is 5.43 Å². The van der Waals surface area contributed by atoms with Crippen LogP contribution in [-0.4, -0.2) is 0 Å². The number of hydrazine groups is 1. The van der Waals surface area contributed by atoms with Gasteiger partial charge in [0.05, 0.1) is 0 Å². The third-order valence-corrected chi connectivity index (χ3v) is 1.64. The van der Waals surface area contributed by atoms with Crippen LogP contribution in [0.15, 0.2) is 18.2 Å². The van der Waals surface area contributed by atoms with E-state index < -0.39 is 0 Å². The molecule has 0 aromatic heterocycles. The maximum atomic E-state index is 3.04. The van der Waals surface area contributed by atoms with E-state index in [9.17, 15) is 0 Å². The number of hydrogen-bond donors (Lipinski definition) is 3. The minimum Gasteiger partial charge on any atom is -0.272 e. The lowest BCUT2D eigenvalue weighted by Gasteiger charge is -1.92. The van der Waals surface area contributed by atoms with Crippen LogP contribution in [0.25, 0.3) is 0 Å². The second kappa shape index (κ2) is 1.97. The highest BCUT2D eigenvalue weighted by Crippen LogP contribution is 2.18. The van der Waals surface area contributed by atoms with Crippen LogP contribution in [0.5, 0.6) is 0 Å². The van der Waals surface area contributed by atoms with Crippen molar-refractivity contribution in [2.75, 3.05) is 5.43 Å². The Balaban J connectivity index is 2.52. The SMILES string of the molecule is Cc1ccc2c(c1)NN[NH2+]2. The summed E-state index contributed by atoms with van der Waals surface area (Å²) in [5.41, 5.74) is 11.6. The van der Waals surface area contributed by atoms with Crippen molar-refractivity contribution in [1.82, 2.24) is 5.53 Å². The van der Waals surface area contributed by atoms with Gasteiger partial charge in [0.25, 0.3) is 0 Å². The molecule has 0 aliphatic carbocycles. The molecule has 0 saturated heterocycles. The van der Waals surface area contributed by atoms with Crippen LogP contribution >= 0.6 is 0 Å². The van der Waals surface area contributed by atoms with Crippen molar-refractivity contribution >= 4 is 11.4 Å². The van der Waals surface area contributed by atoms with Crippen molar-refractivity contribution in [3.8, 4) is 0 Å². The van der Waals surface area contributed by atoms with Crippen molar-refractivity contribution in [1.29, 1.82) is 0 Å². The number of quaternary nitrogens is 1. The van der Waals surface area contributed by atoms with E-state index in [0.717, 1.165) is 0 Å². The number of anilines is 1. The van der Waals surface area contributed by atoms with E-state index in [0.29, 0.717) is 0 Å². The maximum Gasteiger partial charge on any atom is 0.175 e. The number of aryl methyl sites for hydroxylation is 1. The summed E-state index contributed by atoms with van der Waals surface area (Å²) < 4.78 is 0. The molecule has 0 fully saturated rings. The number of nitrogens with one attached hydrogen (secondary N) is 2. The number of benzene rings is 1. The molecule has 1 aromatic rings. The molecule has 0 spiro atoms. The molecule has 0 amide bonds. The molecule has 1 aliphatic rings. The molecule has 1 heterocycles. The lowest BCUT2D eigenvalue weighted by atomic mass is 10.2. The fourth-order valence-corrected chi connectivity index (χ4v) is 1.10. The summed E-state index contributed by atoms with van der Waals surface area (Å²) in [6, 6.07) is 6.31. The second-order valence-electron chi connectivity index (χ2n) is 2.50. The molecule has 1 aromatic carbocycles. The van der Waals surface area contributed by atoms with Crippen LogP contribution in [0.4, 0.5) is 11.4 Å². The molecule has 52 valence electrons. The number of nitrogens with two attached hydrogens (primary N) is 1. The third-order valence-electron chi connectivity index (χ3n) is 1.64. The van der Waals surface area contributed by atoms with Crippen LogP contribution in [0.3, 0.4) is 0 Å². The average Bonchev–Trinajstić information content (AvgIpc) is 2.33. The molecule has 10 heavy (non-hydrogen) atoms. The van der Waals surface area contributed by atoms with E-state index in [-0.39, 0.29) is 0 Å². The molecule has 0 radical (unpaired) electrons. The quantitative estimate of drug-likeness (QED) is 0.348. The van der Waals surface area contributed by atoms with Crippen LogP contribution < -0.4 is 16.4 Å². The third kappa shape index (κ3) is 0.761. The van der Waals surface area contributed by atoms with Crippen LogP contribution in [0.2, 0.25) is 0 Å². The van der Waals surface area contributed by atoms with Crippen molar-refractivity contribution in [3.05, 3.63) is 23.8 Å². The molecule has 3 nitrogen and oxygen atoms in total. The fourth-order valence-electron chi connectivity index (χ4n) is 1.10. The largest absolute Gasteiger partial charge is 0.272 e. The summed E-state index contributed by atoms with van der Waals surface area (Å²) in [5.74, 6) is 0. The number of rotatable bonds is 0. The first kappa shape index (κ1) is 5.70. The Hall–Kier alpha value is -1.06. The Morgan fingerprint density at radius 3 is 3.20 bits per heavy atom. The molecule has 0 bridgehead atoms. The van der Waals surface area contributed by atoms with Crippen molar-refractivity contribution in [3.63, 3.8) is 0 Å². The average molecular weight is 136 g/mol. The van der Waals surface area contributed by atoms with Gasteiger partial charge in [0, 0.05) is 6.07 Å². The summed E-state index contributed by atoms with van der Waals surface area (Å²) in [7, 11) is 0. The lowest BCUT2D eigenvalue weighted by Crippen LogP contribution is -2.86. The van der Waals surface area contributed by atoms with Crippen molar-refractivity contribution < 1.29 is 5.43 Å². The highest BCUT2D eigenvalue weighted by atomic mass is 15.6. The number of hydrogen-bond acceptors (Lipinski definition) is 2. The van der Waals surface area contributed by atoms with Crippen LogP contribution in [-0.2, 0) is 0 Å². The predicted octanol–water partition coefficient (Wildman–Crippen LogP) is 0.0350. The molecular weight excluding hydrogens is 126 g/mol. The second-order valence-corrected chi connectivity index (χ2v) is 2.50. The standard InChI is InChI=1S/C7H9N3/c1-5-2-3-6-7(4-5)9-10-8-6/h2-4,8-10H,1H3/p+1. The van der Waals surface area contributed by atoms with Gasteiger partial charge in [-0.15, -0.1) is 0 Å². The maximum absolute atomic E-state index is 3.04.